The highest BCUT2D eigenvalue weighted by Gasteiger charge is 2.06. The second-order valence-electron chi connectivity index (χ2n) is 3.39. The van der Waals surface area contributed by atoms with Gasteiger partial charge in [-0.2, -0.15) is 0 Å². The van der Waals surface area contributed by atoms with E-state index in [0.29, 0.717) is 13.2 Å². The van der Waals surface area contributed by atoms with Crippen molar-refractivity contribution in [3.8, 4) is 5.75 Å². The predicted octanol–water partition coefficient (Wildman–Crippen LogP) is 2.33. The van der Waals surface area contributed by atoms with E-state index < -0.39 is 0 Å². The SMILES string of the molecule is CCOc1ccc2occ(CCN)c2c1. The topological polar surface area (TPSA) is 48.4 Å². The zero-order valence-electron chi connectivity index (χ0n) is 8.82. The molecule has 2 N–H and O–H groups in total. The van der Waals surface area contributed by atoms with Gasteiger partial charge >= 0.3 is 0 Å². The zero-order valence-corrected chi connectivity index (χ0v) is 8.82. The standard InChI is InChI=1S/C12H15NO2/c1-2-14-10-3-4-12-11(7-10)9(5-6-13)8-15-12/h3-4,7-8H,2,5-6,13H2,1H3. The molecule has 0 aliphatic heterocycles. The first kappa shape index (κ1) is 10.1. The summed E-state index contributed by atoms with van der Waals surface area (Å²) in [5.74, 6) is 0.879. The molecule has 1 heterocycles. The minimum absolute atomic E-state index is 0.632. The van der Waals surface area contributed by atoms with Crippen molar-refractivity contribution >= 4 is 11.0 Å². The van der Waals surface area contributed by atoms with Crippen LogP contribution in [0, 0.1) is 0 Å². The second-order valence-corrected chi connectivity index (χ2v) is 3.39. The highest BCUT2D eigenvalue weighted by Crippen LogP contribution is 2.25. The molecule has 0 unspecified atom stereocenters. The summed E-state index contributed by atoms with van der Waals surface area (Å²) in [6, 6.07) is 5.86. The third-order valence-electron chi connectivity index (χ3n) is 2.35. The van der Waals surface area contributed by atoms with Crippen molar-refractivity contribution in [3.63, 3.8) is 0 Å². The van der Waals surface area contributed by atoms with Crippen LogP contribution in [0.25, 0.3) is 11.0 Å². The van der Waals surface area contributed by atoms with Crippen LogP contribution < -0.4 is 10.5 Å². The van der Waals surface area contributed by atoms with Crippen LogP contribution >= 0.6 is 0 Å². The van der Waals surface area contributed by atoms with Gasteiger partial charge in [0.2, 0.25) is 0 Å². The van der Waals surface area contributed by atoms with Crippen molar-refractivity contribution in [3.05, 3.63) is 30.0 Å². The zero-order chi connectivity index (χ0) is 10.7. The van der Waals surface area contributed by atoms with Crippen LogP contribution in [0.5, 0.6) is 5.75 Å². The van der Waals surface area contributed by atoms with Crippen LogP contribution in [-0.4, -0.2) is 13.2 Å². The number of furan rings is 1. The number of nitrogens with two attached hydrogens (primary N) is 1. The molecule has 15 heavy (non-hydrogen) atoms. The Balaban J connectivity index is 2.42. The summed E-state index contributed by atoms with van der Waals surface area (Å²) in [6.45, 7) is 3.28. The van der Waals surface area contributed by atoms with Gasteiger partial charge in [-0.15, -0.1) is 0 Å². The molecule has 0 radical (unpaired) electrons. The Hall–Kier alpha value is -1.48. The Bertz CT molecular complexity index is 448. The summed E-state index contributed by atoms with van der Waals surface area (Å²) < 4.78 is 10.9. The van der Waals surface area contributed by atoms with Gasteiger partial charge in [0.25, 0.3) is 0 Å². The fraction of sp³-hybridized carbons (Fsp3) is 0.333. The first-order chi connectivity index (χ1) is 7.35. The number of benzene rings is 1. The maximum absolute atomic E-state index is 5.53. The lowest BCUT2D eigenvalue weighted by atomic mass is 10.1. The van der Waals surface area contributed by atoms with E-state index in [9.17, 15) is 0 Å². The lowest BCUT2D eigenvalue weighted by molar-refractivity contribution is 0.340. The molecule has 0 fully saturated rings. The van der Waals surface area contributed by atoms with E-state index >= 15 is 0 Å². The van der Waals surface area contributed by atoms with Gasteiger partial charge in [0, 0.05) is 5.39 Å². The monoisotopic (exact) mass is 205 g/mol. The molecule has 3 heteroatoms. The number of hydrogen-bond donors (Lipinski definition) is 1. The Labute approximate surface area is 88.8 Å². The van der Waals surface area contributed by atoms with Crippen LogP contribution in [0.2, 0.25) is 0 Å². The molecular formula is C12H15NO2. The van der Waals surface area contributed by atoms with E-state index in [-0.39, 0.29) is 0 Å². The molecule has 2 aromatic rings. The first-order valence-corrected chi connectivity index (χ1v) is 5.18. The summed E-state index contributed by atoms with van der Waals surface area (Å²) in [5, 5.41) is 1.10. The quantitative estimate of drug-likeness (QED) is 0.833. The average Bonchev–Trinajstić information content (AvgIpc) is 2.63. The number of hydrogen-bond acceptors (Lipinski definition) is 3. The van der Waals surface area contributed by atoms with Gasteiger partial charge in [-0.3, -0.25) is 0 Å². The van der Waals surface area contributed by atoms with Crippen LogP contribution in [0.15, 0.2) is 28.9 Å². The molecule has 1 aromatic heterocycles. The van der Waals surface area contributed by atoms with E-state index in [4.69, 9.17) is 14.9 Å². The summed E-state index contributed by atoms with van der Waals surface area (Å²) >= 11 is 0. The molecule has 2 rings (SSSR count). The van der Waals surface area contributed by atoms with Crippen molar-refractivity contribution < 1.29 is 9.15 Å². The van der Waals surface area contributed by atoms with Gasteiger partial charge in [0.05, 0.1) is 12.9 Å². The maximum atomic E-state index is 5.53. The van der Waals surface area contributed by atoms with E-state index in [1.54, 1.807) is 6.26 Å². The van der Waals surface area contributed by atoms with E-state index in [0.717, 1.165) is 28.7 Å². The lowest BCUT2D eigenvalue weighted by Gasteiger charge is -2.02. The van der Waals surface area contributed by atoms with Crippen LogP contribution in [0.3, 0.4) is 0 Å². The minimum Gasteiger partial charge on any atom is -0.494 e. The normalized spacial score (nSPS) is 10.8. The summed E-state index contributed by atoms with van der Waals surface area (Å²) in [7, 11) is 0. The molecule has 0 bridgehead atoms. The molecule has 0 saturated carbocycles. The molecule has 0 aliphatic rings. The van der Waals surface area contributed by atoms with Gasteiger partial charge in [-0.25, -0.2) is 0 Å². The Morgan fingerprint density at radius 3 is 3.00 bits per heavy atom. The van der Waals surface area contributed by atoms with Gasteiger partial charge < -0.3 is 14.9 Å². The largest absolute Gasteiger partial charge is 0.494 e. The summed E-state index contributed by atoms with van der Waals surface area (Å²) in [4.78, 5) is 0. The molecule has 0 aliphatic carbocycles. The van der Waals surface area contributed by atoms with E-state index in [1.165, 1.54) is 0 Å². The van der Waals surface area contributed by atoms with Crippen molar-refractivity contribution in [2.24, 2.45) is 5.73 Å². The highest BCUT2D eigenvalue weighted by atomic mass is 16.5. The van der Waals surface area contributed by atoms with E-state index in [2.05, 4.69) is 0 Å². The molecule has 0 spiro atoms. The van der Waals surface area contributed by atoms with Crippen molar-refractivity contribution in [2.45, 2.75) is 13.3 Å². The number of rotatable bonds is 4. The Morgan fingerprint density at radius 2 is 2.27 bits per heavy atom. The predicted molar refractivity (Wildman–Crippen MR) is 60.1 cm³/mol. The lowest BCUT2D eigenvalue weighted by Crippen LogP contribution is -2.01. The van der Waals surface area contributed by atoms with Gasteiger partial charge in [-0.1, -0.05) is 0 Å². The van der Waals surface area contributed by atoms with Crippen molar-refractivity contribution in [1.82, 2.24) is 0 Å². The van der Waals surface area contributed by atoms with Crippen LogP contribution in [-0.2, 0) is 6.42 Å². The van der Waals surface area contributed by atoms with Gasteiger partial charge in [0.15, 0.2) is 0 Å². The maximum Gasteiger partial charge on any atom is 0.134 e. The minimum atomic E-state index is 0.632. The molecular weight excluding hydrogens is 190 g/mol. The number of fused-ring (bicyclic) bond motifs is 1. The van der Waals surface area contributed by atoms with Crippen molar-refractivity contribution in [1.29, 1.82) is 0 Å². The Morgan fingerprint density at radius 1 is 1.40 bits per heavy atom. The fourth-order valence-corrected chi connectivity index (χ4v) is 1.67. The molecule has 0 saturated heterocycles. The fourth-order valence-electron chi connectivity index (χ4n) is 1.67. The first-order valence-electron chi connectivity index (χ1n) is 5.18. The van der Waals surface area contributed by atoms with Crippen LogP contribution in [0.1, 0.15) is 12.5 Å². The molecule has 3 nitrogen and oxygen atoms in total. The number of ether oxygens (including phenoxy) is 1. The second kappa shape index (κ2) is 4.36. The van der Waals surface area contributed by atoms with Crippen LogP contribution in [0.4, 0.5) is 0 Å². The Kier molecular flexibility index (Phi) is 2.92. The summed E-state index contributed by atoms with van der Waals surface area (Å²) in [5.41, 5.74) is 7.57. The van der Waals surface area contributed by atoms with Gasteiger partial charge in [0.1, 0.15) is 11.3 Å². The molecule has 0 atom stereocenters. The average molecular weight is 205 g/mol. The molecule has 0 amide bonds. The smallest absolute Gasteiger partial charge is 0.134 e. The van der Waals surface area contributed by atoms with Gasteiger partial charge in [-0.05, 0) is 43.7 Å². The highest BCUT2D eigenvalue weighted by molar-refractivity contribution is 5.82. The third kappa shape index (κ3) is 1.97. The molecule has 80 valence electrons. The molecule has 1 aromatic carbocycles. The third-order valence-corrected chi connectivity index (χ3v) is 2.35. The van der Waals surface area contributed by atoms with E-state index in [1.807, 2.05) is 25.1 Å². The summed E-state index contributed by atoms with van der Waals surface area (Å²) in [6.07, 6.45) is 2.61. The van der Waals surface area contributed by atoms with Crippen molar-refractivity contribution in [2.75, 3.05) is 13.2 Å².